The summed E-state index contributed by atoms with van der Waals surface area (Å²) < 4.78 is 21.2. The molecule has 3 aromatic rings. The molecule has 0 aliphatic carbocycles. The molecular formula is C22H23BN4O5. The van der Waals surface area contributed by atoms with Gasteiger partial charge in [0.25, 0.3) is 0 Å². The molecule has 0 saturated carbocycles. The predicted octanol–water partition coefficient (Wildman–Crippen LogP) is 2.85. The number of methoxy groups -OCH3 is 3. The van der Waals surface area contributed by atoms with E-state index in [1.165, 1.54) is 34.4 Å². The van der Waals surface area contributed by atoms with Crippen molar-refractivity contribution in [2.75, 3.05) is 32.0 Å². The Bertz CT molecular complexity index is 1080. The van der Waals surface area contributed by atoms with E-state index < -0.39 is 0 Å². The van der Waals surface area contributed by atoms with E-state index in [0.717, 1.165) is 5.56 Å². The van der Waals surface area contributed by atoms with Crippen LogP contribution >= 0.6 is 0 Å². The van der Waals surface area contributed by atoms with Crippen molar-refractivity contribution in [1.29, 1.82) is 0 Å². The molecule has 0 aliphatic rings. The molecule has 10 heteroatoms. The number of ether oxygens (including phenoxy) is 4. The van der Waals surface area contributed by atoms with Crippen LogP contribution in [0.5, 0.6) is 17.2 Å². The molecule has 0 unspecified atom stereocenters. The first-order valence-electron chi connectivity index (χ1n) is 9.63. The van der Waals surface area contributed by atoms with Crippen molar-refractivity contribution in [3.05, 3.63) is 48.2 Å². The summed E-state index contributed by atoms with van der Waals surface area (Å²) >= 11 is 0. The van der Waals surface area contributed by atoms with Crippen LogP contribution in [0.4, 0.5) is 23.1 Å². The normalized spacial score (nSPS) is 10.2. The molecule has 1 heterocycles. The van der Waals surface area contributed by atoms with Crippen molar-refractivity contribution in [1.82, 2.24) is 9.97 Å². The smallest absolute Gasteiger partial charge is 0.302 e. The van der Waals surface area contributed by atoms with Crippen LogP contribution < -0.4 is 30.3 Å². The highest BCUT2D eigenvalue weighted by atomic mass is 16.5. The van der Waals surface area contributed by atoms with E-state index in [2.05, 4.69) is 20.6 Å². The maximum atomic E-state index is 11.2. The summed E-state index contributed by atoms with van der Waals surface area (Å²) in [7, 11) is 10.7. The van der Waals surface area contributed by atoms with Crippen LogP contribution in [0.3, 0.4) is 0 Å². The van der Waals surface area contributed by atoms with Gasteiger partial charge in [0.15, 0.2) is 11.5 Å². The average molecular weight is 434 g/mol. The Morgan fingerprint density at radius 1 is 1.03 bits per heavy atom. The lowest BCUT2D eigenvalue weighted by Gasteiger charge is -2.16. The van der Waals surface area contributed by atoms with Gasteiger partial charge in [-0.05, 0) is 11.5 Å². The Hall–Kier alpha value is -3.95. The third-order valence-electron chi connectivity index (χ3n) is 4.44. The van der Waals surface area contributed by atoms with Gasteiger partial charge in [0.2, 0.25) is 11.7 Å². The largest absolute Gasteiger partial charge is 0.493 e. The van der Waals surface area contributed by atoms with Gasteiger partial charge in [-0.15, -0.1) is 0 Å². The summed E-state index contributed by atoms with van der Waals surface area (Å²) in [5, 5.41) is 6.29. The quantitative estimate of drug-likeness (QED) is 0.389. The van der Waals surface area contributed by atoms with Gasteiger partial charge in [-0.1, -0.05) is 18.2 Å². The number of hydrogen-bond acceptors (Lipinski definition) is 9. The second kappa shape index (κ2) is 10.4. The number of anilines is 4. The van der Waals surface area contributed by atoms with E-state index in [1.807, 2.05) is 24.3 Å². The van der Waals surface area contributed by atoms with Crippen molar-refractivity contribution >= 4 is 42.4 Å². The summed E-state index contributed by atoms with van der Waals surface area (Å²) in [5.74, 6) is 1.78. The third-order valence-corrected chi connectivity index (χ3v) is 4.44. The van der Waals surface area contributed by atoms with Crippen LogP contribution in [0.15, 0.2) is 42.6 Å². The van der Waals surface area contributed by atoms with Gasteiger partial charge in [-0.2, -0.15) is 4.98 Å². The van der Waals surface area contributed by atoms with Gasteiger partial charge in [-0.3, -0.25) is 4.79 Å². The monoisotopic (exact) mass is 434 g/mol. The van der Waals surface area contributed by atoms with Gasteiger partial charge in [0.05, 0.1) is 21.3 Å². The number of carbonyl (C=O) groups excluding carboxylic acids is 1. The first kappa shape index (κ1) is 22.7. The van der Waals surface area contributed by atoms with Gasteiger partial charge in [0, 0.05) is 42.2 Å². The Morgan fingerprint density at radius 2 is 1.72 bits per heavy atom. The Labute approximate surface area is 187 Å². The lowest BCUT2D eigenvalue weighted by atomic mass is 9.99. The van der Waals surface area contributed by atoms with Crippen LogP contribution in [0, 0.1) is 0 Å². The molecular weight excluding hydrogens is 411 g/mol. The maximum Gasteiger partial charge on any atom is 0.302 e. The minimum Gasteiger partial charge on any atom is -0.493 e. The lowest BCUT2D eigenvalue weighted by molar-refractivity contribution is -0.142. The van der Waals surface area contributed by atoms with Crippen LogP contribution in [0.2, 0.25) is 0 Å². The van der Waals surface area contributed by atoms with Crippen molar-refractivity contribution in [3.8, 4) is 17.2 Å². The standard InChI is InChI=1S/C22H23BN4O5/c1-13(28)32-12-14-7-5-6-8-17(14)26-21-16(23)11-24-22(27-21)25-15-9-18(29-2)20(31-4)19(10-15)30-3/h5-11H,12H2,1-4H3,(H2,24,25,26,27). The van der Waals surface area contributed by atoms with Crippen LogP contribution in [0.1, 0.15) is 12.5 Å². The first-order chi connectivity index (χ1) is 15.4. The summed E-state index contributed by atoms with van der Waals surface area (Å²) in [6.45, 7) is 1.49. The molecule has 0 amide bonds. The molecule has 0 spiro atoms. The maximum absolute atomic E-state index is 11.2. The highest BCUT2D eigenvalue weighted by molar-refractivity contribution is 6.35. The number of aromatic nitrogens is 2. The SMILES string of the molecule is [B]c1cnc(Nc2cc(OC)c(OC)c(OC)c2)nc1Nc1ccccc1COC(C)=O. The van der Waals surface area contributed by atoms with Crippen LogP contribution in [0.25, 0.3) is 0 Å². The lowest BCUT2D eigenvalue weighted by Crippen LogP contribution is -2.15. The zero-order valence-electron chi connectivity index (χ0n) is 18.3. The fourth-order valence-electron chi connectivity index (χ4n) is 2.91. The Kier molecular flexibility index (Phi) is 7.38. The number of nitrogens with zero attached hydrogens (tertiary/aromatic N) is 2. The Morgan fingerprint density at radius 3 is 2.34 bits per heavy atom. The molecule has 2 aromatic carbocycles. The van der Waals surface area contributed by atoms with Gasteiger partial charge < -0.3 is 29.6 Å². The average Bonchev–Trinajstić information content (AvgIpc) is 2.79. The second-order valence-corrected chi connectivity index (χ2v) is 6.60. The summed E-state index contributed by atoms with van der Waals surface area (Å²) in [6.07, 6.45) is 1.49. The van der Waals surface area contributed by atoms with Gasteiger partial charge in [0.1, 0.15) is 20.3 Å². The molecule has 0 bridgehead atoms. The van der Waals surface area contributed by atoms with Crippen LogP contribution in [-0.4, -0.2) is 45.1 Å². The predicted molar refractivity (Wildman–Crippen MR) is 122 cm³/mol. The van der Waals surface area contributed by atoms with E-state index in [-0.39, 0.29) is 12.6 Å². The number of para-hydroxylation sites is 1. The topological polar surface area (TPSA) is 104 Å². The van der Waals surface area contributed by atoms with Crippen molar-refractivity contribution < 1.29 is 23.7 Å². The fourth-order valence-corrected chi connectivity index (χ4v) is 2.91. The van der Waals surface area contributed by atoms with E-state index in [1.54, 1.807) is 12.1 Å². The highest BCUT2D eigenvalue weighted by Gasteiger charge is 2.14. The molecule has 2 N–H and O–H groups in total. The summed E-state index contributed by atoms with van der Waals surface area (Å²) in [5.41, 5.74) is 2.46. The van der Waals surface area contributed by atoms with Crippen molar-refractivity contribution in [2.24, 2.45) is 0 Å². The first-order valence-corrected chi connectivity index (χ1v) is 9.63. The third kappa shape index (κ3) is 5.40. The molecule has 0 saturated heterocycles. The second-order valence-electron chi connectivity index (χ2n) is 6.60. The minimum absolute atomic E-state index is 0.125. The minimum atomic E-state index is -0.363. The molecule has 0 aliphatic heterocycles. The van der Waals surface area contributed by atoms with E-state index in [0.29, 0.717) is 45.9 Å². The van der Waals surface area contributed by atoms with Gasteiger partial charge in [-0.25, -0.2) is 4.98 Å². The summed E-state index contributed by atoms with van der Waals surface area (Å²) in [6, 6.07) is 10.9. The number of benzene rings is 2. The number of hydrogen-bond donors (Lipinski definition) is 2. The molecule has 9 nitrogen and oxygen atoms in total. The molecule has 0 fully saturated rings. The molecule has 0 atom stereocenters. The van der Waals surface area contributed by atoms with E-state index >= 15 is 0 Å². The molecule has 1 aromatic heterocycles. The van der Waals surface area contributed by atoms with Crippen molar-refractivity contribution in [3.63, 3.8) is 0 Å². The summed E-state index contributed by atoms with van der Waals surface area (Å²) in [4.78, 5) is 19.9. The molecule has 164 valence electrons. The van der Waals surface area contributed by atoms with Crippen LogP contribution in [-0.2, 0) is 16.1 Å². The Balaban J connectivity index is 1.87. The number of rotatable bonds is 9. The highest BCUT2D eigenvalue weighted by Crippen LogP contribution is 2.40. The fraction of sp³-hybridized carbons (Fsp3) is 0.227. The van der Waals surface area contributed by atoms with Gasteiger partial charge >= 0.3 is 5.97 Å². The number of esters is 1. The molecule has 32 heavy (non-hydrogen) atoms. The van der Waals surface area contributed by atoms with E-state index in [9.17, 15) is 4.79 Å². The zero-order valence-corrected chi connectivity index (χ0v) is 18.3. The number of carbonyl (C=O) groups is 1. The van der Waals surface area contributed by atoms with E-state index in [4.69, 9.17) is 26.8 Å². The van der Waals surface area contributed by atoms with Crippen molar-refractivity contribution in [2.45, 2.75) is 13.5 Å². The molecule has 2 radical (unpaired) electrons. The zero-order chi connectivity index (χ0) is 23.1. The molecule has 3 rings (SSSR count). The number of nitrogens with one attached hydrogen (secondary N) is 2.